The van der Waals surface area contributed by atoms with Crippen molar-refractivity contribution in [2.75, 3.05) is 11.9 Å². The van der Waals surface area contributed by atoms with E-state index in [1.165, 1.54) is 0 Å². The summed E-state index contributed by atoms with van der Waals surface area (Å²) in [6.45, 7) is 0.872. The second-order valence-corrected chi connectivity index (χ2v) is 5.88. The van der Waals surface area contributed by atoms with Crippen LogP contribution in [-0.4, -0.2) is 21.4 Å². The number of aromatic nitrogens is 2. The molecule has 1 aromatic carbocycles. The number of hydrogen-bond donors (Lipinski definition) is 2. The van der Waals surface area contributed by atoms with E-state index in [1.54, 1.807) is 10.7 Å². The van der Waals surface area contributed by atoms with Gasteiger partial charge in [-0.2, -0.15) is 9.78 Å². The van der Waals surface area contributed by atoms with Crippen molar-refractivity contribution in [1.29, 1.82) is 0 Å². The number of rotatable bonds is 2. The summed E-state index contributed by atoms with van der Waals surface area (Å²) < 4.78 is 1.58. The third kappa shape index (κ3) is 2.37. The predicted molar refractivity (Wildman–Crippen MR) is 85.9 cm³/mol. The van der Waals surface area contributed by atoms with Crippen molar-refractivity contribution >= 4 is 46.4 Å². The predicted octanol–water partition coefficient (Wildman–Crippen LogP) is 2.84. The van der Waals surface area contributed by atoms with Crippen molar-refractivity contribution in [2.24, 2.45) is 5.73 Å². The number of fused-ring (bicyclic) bond motifs is 1. The van der Waals surface area contributed by atoms with Crippen LogP contribution in [0.5, 0.6) is 0 Å². The summed E-state index contributed by atoms with van der Waals surface area (Å²) in [7, 11) is 0. The number of benzene rings is 1. The van der Waals surface area contributed by atoms with Gasteiger partial charge in [0.25, 0.3) is 0 Å². The Hall–Kier alpha value is -1.30. The molecule has 3 N–H and O–H groups in total. The normalized spacial score (nSPS) is 13.1. The largest absolute Gasteiger partial charge is 0.374 e. The Morgan fingerprint density at radius 2 is 2.25 bits per heavy atom. The summed E-state index contributed by atoms with van der Waals surface area (Å²) in [6, 6.07) is 5.48. The van der Waals surface area contributed by atoms with Gasteiger partial charge in [-0.05, 0) is 36.3 Å². The Balaban J connectivity index is 1.99. The SMILES string of the molecule is NC(=S)n1nc(Cc2ccc(Cl)cc2Cl)c2c1NCC2. The van der Waals surface area contributed by atoms with E-state index in [0.29, 0.717) is 16.5 Å². The molecule has 1 aliphatic rings. The van der Waals surface area contributed by atoms with E-state index in [4.69, 9.17) is 41.2 Å². The minimum absolute atomic E-state index is 0.240. The zero-order valence-electron chi connectivity index (χ0n) is 10.5. The molecule has 2 heterocycles. The fourth-order valence-electron chi connectivity index (χ4n) is 2.39. The van der Waals surface area contributed by atoms with Crippen LogP contribution >= 0.6 is 35.4 Å². The highest BCUT2D eigenvalue weighted by molar-refractivity contribution is 7.80. The van der Waals surface area contributed by atoms with Crippen molar-refractivity contribution < 1.29 is 0 Å². The quantitative estimate of drug-likeness (QED) is 0.833. The van der Waals surface area contributed by atoms with Gasteiger partial charge in [0.1, 0.15) is 5.82 Å². The Morgan fingerprint density at radius 3 is 2.95 bits per heavy atom. The van der Waals surface area contributed by atoms with Gasteiger partial charge in [-0.15, -0.1) is 0 Å². The minimum atomic E-state index is 0.240. The van der Waals surface area contributed by atoms with Gasteiger partial charge in [0.05, 0.1) is 5.69 Å². The third-order valence-electron chi connectivity index (χ3n) is 3.32. The summed E-state index contributed by atoms with van der Waals surface area (Å²) in [6.07, 6.45) is 1.55. The number of nitrogens with two attached hydrogens (primary N) is 1. The van der Waals surface area contributed by atoms with Crippen LogP contribution in [0, 0.1) is 0 Å². The first-order valence-electron chi connectivity index (χ1n) is 6.14. The van der Waals surface area contributed by atoms with Gasteiger partial charge in [-0.3, -0.25) is 0 Å². The van der Waals surface area contributed by atoms with E-state index in [-0.39, 0.29) is 5.11 Å². The molecule has 7 heteroatoms. The maximum atomic E-state index is 6.21. The molecule has 0 unspecified atom stereocenters. The molecule has 4 nitrogen and oxygen atoms in total. The molecule has 0 aliphatic carbocycles. The van der Waals surface area contributed by atoms with Gasteiger partial charge in [0.2, 0.25) is 0 Å². The zero-order chi connectivity index (χ0) is 14.3. The molecular weight excluding hydrogens is 315 g/mol. The Labute approximate surface area is 131 Å². The number of hydrogen-bond acceptors (Lipinski definition) is 3. The molecule has 0 spiro atoms. The summed E-state index contributed by atoms with van der Waals surface area (Å²) in [5, 5.41) is 9.25. The first kappa shape index (κ1) is 13.7. The Morgan fingerprint density at radius 1 is 1.45 bits per heavy atom. The molecular formula is C13H12Cl2N4S. The molecule has 104 valence electrons. The van der Waals surface area contributed by atoms with Crippen molar-refractivity contribution in [3.63, 3.8) is 0 Å². The van der Waals surface area contributed by atoms with Crippen LogP contribution in [0.2, 0.25) is 10.0 Å². The van der Waals surface area contributed by atoms with Crippen LogP contribution in [0.25, 0.3) is 0 Å². The van der Waals surface area contributed by atoms with Crippen molar-refractivity contribution in [3.05, 3.63) is 45.1 Å². The molecule has 20 heavy (non-hydrogen) atoms. The van der Waals surface area contributed by atoms with Gasteiger partial charge in [-0.1, -0.05) is 29.3 Å². The average molecular weight is 327 g/mol. The van der Waals surface area contributed by atoms with Crippen LogP contribution in [0.3, 0.4) is 0 Å². The lowest BCUT2D eigenvalue weighted by atomic mass is 10.1. The molecule has 0 saturated carbocycles. The van der Waals surface area contributed by atoms with Gasteiger partial charge < -0.3 is 11.1 Å². The van der Waals surface area contributed by atoms with Gasteiger partial charge >= 0.3 is 0 Å². The lowest BCUT2D eigenvalue weighted by Gasteiger charge is -2.04. The monoisotopic (exact) mass is 326 g/mol. The molecule has 3 rings (SSSR count). The van der Waals surface area contributed by atoms with Crippen molar-refractivity contribution in [3.8, 4) is 0 Å². The number of anilines is 1. The maximum absolute atomic E-state index is 6.21. The highest BCUT2D eigenvalue weighted by Gasteiger charge is 2.23. The zero-order valence-corrected chi connectivity index (χ0v) is 12.8. The molecule has 0 saturated heterocycles. The topological polar surface area (TPSA) is 55.9 Å². The Kier molecular flexibility index (Phi) is 3.58. The summed E-state index contributed by atoms with van der Waals surface area (Å²) >= 11 is 17.1. The number of halogens is 2. The highest BCUT2D eigenvalue weighted by atomic mass is 35.5. The van der Waals surface area contributed by atoms with E-state index in [0.717, 1.165) is 35.6 Å². The molecule has 1 aromatic heterocycles. The smallest absolute Gasteiger partial charge is 0.193 e. The van der Waals surface area contributed by atoms with Crippen LogP contribution in [0.1, 0.15) is 16.8 Å². The van der Waals surface area contributed by atoms with E-state index in [2.05, 4.69) is 10.4 Å². The number of thiocarbonyl (C=S) groups is 1. The van der Waals surface area contributed by atoms with Gasteiger partial charge in [0.15, 0.2) is 5.11 Å². The summed E-state index contributed by atoms with van der Waals surface area (Å²) in [5.41, 5.74) is 8.78. The van der Waals surface area contributed by atoms with E-state index in [9.17, 15) is 0 Å². The van der Waals surface area contributed by atoms with Gasteiger partial charge in [-0.25, -0.2) is 0 Å². The van der Waals surface area contributed by atoms with Crippen LogP contribution < -0.4 is 11.1 Å². The summed E-state index contributed by atoms with van der Waals surface area (Å²) in [5.74, 6) is 0.901. The second kappa shape index (κ2) is 5.24. The lowest BCUT2D eigenvalue weighted by molar-refractivity contribution is 0.879. The fourth-order valence-corrected chi connectivity index (χ4v) is 3.00. The molecule has 0 bridgehead atoms. The molecule has 2 aromatic rings. The molecule has 0 fully saturated rings. The van der Waals surface area contributed by atoms with E-state index < -0.39 is 0 Å². The first-order chi connectivity index (χ1) is 9.56. The van der Waals surface area contributed by atoms with E-state index >= 15 is 0 Å². The molecule has 0 atom stereocenters. The molecule has 0 radical (unpaired) electrons. The highest BCUT2D eigenvalue weighted by Crippen LogP contribution is 2.29. The number of nitrogens with one attached hydrogen (secondary N) is 1. The van der Waals surface area contributed by atoms with Crippen LogP contribution in [-0.2, 0) is 12.8 Å². The fraction of sp³-hybridized carbons (Fsp3) is 0.231. The van der Waals surface area contributed by atoms with Crippen molar-refractivity contribution in [1.82, 2.24) is 9.78 Å². The summed E-state index contributed by atoms with van der Waals surface area (Å²) in [4.78, 5) is 0. The molecule has 0 amide bonds. The average Bonchev–Trinajstić information content (AvgIpc) is 2.95. The third-order valence-corrected chi connectivity index (χ3v) is 4.08. The van der Waals surface area contributed by atoms with Crippen LogP contribution in [0.4, 0.5) is 5.82 Å². The Bertz CT molecular complexity index is 696. The second-order valence-electron chi connectivity index (χ2n) is 4.61. The standard InChI is InChI=1S/C13H12Cl2N4S/c14-8-2-1-7(10(15)6-8)5-11-9-3-4-17-12(9)19(18-11)13(16)20/h1-2,6,17H,3-5H2,(H2,16,20). The number of nitrogens with zero attached hydrogens (tertiary/aromatic N) is 2. The van der Waals surface area contributed by atoms with Gasteiger partial charge in [0, 0.05) is 28.6 Å². The molecule has 1 aliphatic heterocycles. The van der Waals surface area contributed by atoms with Crippen molar-refractivity contribution in [2.45, 2.75) is 12.8 Å². The lowest BCUT2D eigenvalue weighted by Crippen LogP contribution is -2.22. The van der Waals surface area contributed by atoms with Crippen LogP contribution in [0.15, 0.2) is 18.2 Å². The first-order valence-corrected chi connectivity index (χ1v) is 7.31. The maximum Gasteiger partial charge on any atom is 0.193 e. The minimum Gasteiger partial charge on any atom is -0.374 e. The van der Waals surface area contributed by atoms with E-state index in [1.807, 2.05) is 12.1 Å².